The number of aryl methyl sites for hydroxylation is 3. The third-order valence-electron chi connectivity index (χ3n) is 1.80. The molecule has 0 bridgehead atoms. The summed E-state index contributed by atoms with van der Waals surface area (Å²) in [5, 5.41) is 9.97. The van der Waals surface area contributed by atoms with Crippen LogP contribution in [-0.2, 0) is 55.7 Å². The van der Waals surface area contributed by atoms with Crippen LogP contribution in [0.4, 0.5) is 0 Å². The van der Waals surface area contributed by atoms with Gasteiger partial charge in [-0.05, 0) is 0 Å². The zero-order chi connectivity index (χ0) is 13.2. The molecule has 0 aliphatic heterocycles. The molecule has 21 heavy (non-hydrogen) atoms. The molecule has 3 aromatic rings. The van der Waals surface area contributed by atoms with Crippen molar-refractivity contribution in [1.82, 2.24) is 0 Å². The molecular formula is C15H15S3V3-3. The largest absolute Gasteiger partial charge is 0.304 e. The maximum Gasteiger partial charge on any atom is 0 e. The van der Waals surface area contributed by atoms with Crippen molar-refractivity contribution in [3.8, 4) is 0 Å². The first-order valence-electron chi connectivity index (χ1n) is 5.43. The standard InChI is InChI=1S/3C5H5S.3V/c1-5-2-3-6-4-5;2*1-5-3-2-4-6-5;;;/h2,4H,1H3;3-4H,1H3;2-3H,1H3;;;/q3*-1;;;. The number of hydrogen-bond acceptors (Lipinski definition) is 3. The Hall–Kier alpha value is 0.853. The van der Waals surface area contributed by atoms with Crippen molar-refractivity contribution in [1.29, 1.82) is 0 Å². The van der Waals surface area contributed by atoms with Gasteiger partial charge in [-0.1, -0.05) is 20.8 Å². The molecule has 3 radical (unpaired) electrons. The average Bonchev–Trinajstić information content (AvgIpc) is 3.05. The first-order valence-corrected chi connectivity index (χ1v) is 8.01. The molecule has 0 nitrogen and oxygen atoms in total. The molecule has 0 amide bonds. The van der Waals surface area contributed by atoms with E-state index in [1.54, 1.807) is 34.0 Å². The van der Waals surface area contributed by atoms with Gasteiger partial charge in [-0.3, -0.25) is 11.3 Å². The third-order valence-corrected chi connectivity index (χ3v) is 4.00. The van der Waals surface area contributed by atoms with E-state index in [-0.39, 0.29) is 55.7 Å². The Labute approximate surface area is 176 Å². The van der Waals surface area contributed by atoms with Gasteiger partial charge in [-0.2, -0.15) is 28.0 Å². The fraction of sp³-hybridized carbons (Fsp3) is 0.200. The summed E-state index contributed by atoms with van der Waals surface area (Å²) in [5.41, 5.74) is 1.31. The van der Waals surface area contributed by atoms with Crippen LogP contribution in [0.25, 0.3) is 0 Å². The molecule has 0 unspecified atom stereocenters. The van der Waals surface area contributed by atoms with Crippen LogP contribution in [0.15, 0.2) is 35.0 Å². The van der Waals surface area contributed by atoms with Crippen molar-refractivity contribution in [3.05, 3.63) is 67.2 Å². The fourth-order valence-electron chi connectivity index (χ4n) is 0.913. The Morgan fingerprint density at radius 3 is 1.76 bits per heavy atom. The minimum absolute atomic E-state index is 0. The summed E-state index contributed by atoms with van der Waals surface area (Å²) in [7, 11) is 0. The Balaban J connectivity index is -0.000000216. The predicted molar refractivity (Wildman–Crippen MR) is 83.7 cm³/mol. The van der Waals surface area contributed by atoms with E-state index >= 15 is 0 Å². The van der Waals surface area contributed by atoms with Crippen molar-refractivity contribution >= 4 is 34.0 Å². The summed E-state index contributed by atoms with van der Waals surface area (Å²) in [6, 6.07) is 10.9. The topological polar surface area (TPSA) is 0 Å². The molecule has 3 aromatic heterocycles. The number of rotatable bonds is 0. The van der Waals surface area contributed by atoms with Gasteiger partial charge in [0, 0.05) is 55.7 Å². The summed E-state index contributed by atoms with van der Waals surface area (Å²) in [5.74, 6) is 0. The molecule has 0 aliphatic rings. The molecule has 0 atom stereocenters. The Morgan fingerprint density at radius 1 is 0.905 bits per heavy atom. The Bertz CT molecular complexity index is 412. The van der Waals surface area contributed by atoms with Crippen LogP contribution in [-0.4, -0.2) is 0 Å². The van der Waals surface area contributed by atoms with Crippen LogP contribution in [0, 0.1) is 37.6 Å². The van der Waals surface area contributed by atoms with Crippen LogP contribution in [0.5, 0.6) is 0 Å². The van der Waals surface area contributed by atoms with Gasteiger partial charge in [0.05, 0.1) is 0 Å². The van der Waals surface area contributed by atoms with Gasteiger partial charge in [0.15, 0.2) is 0 Å². The molecule has 111 valence electrons. The number of hydrogen-bond donors (Lipinski definition) is 0. The molecular weight excluding hydrogens is 429 g/mol. The SMILES string of the molecule is Cc1c[c-]cs1.Cc1c[c-]sc1.Cc1cc[c-]s1.[V].[V].[V]. The van der Waals surface area contributed by atoms with Crippen LogP contribution in [0.3, 0.4) is 0 Å². The van der Waals surface area contributed by atoms with Gasteiger partial charge in [-0.25, -0.2) is 18.2 Å². The Morgan fingerprint density at radius 2 is 1.62 bits per heavy atom. The summed E-state index contributed by atoms with van der Waals surface area (Å²) in [4.78, 5) is 2.66. The second-order valence-corrected chi connectivity index (χ2v) is 6.47. The number of thiophene rings is 3. The van der Waals surface area contributed by atoms with E-state index in [0.717, 1.165) is 0 Å². The zero-order valence-electron chi connectivity index (χ0n) is 12.0. The van der Waals surface area contributed by atoms with E-state index in [0.29, 0.717) is 0 Å². The molecule has 3 rings (SSSR count). The van der Waals surface area contributed by atoms with Crippen molar-refractivity contribution in [2.45, 2.75) is 20.8 Å². The van der Waals surface area contributed by atoms with E-state index in [1.807, 2.05) is 29.6 Å². The van der Waals surface area contributed by atoms with E-state index < -0.39 is 0 Å². The van der Waals surface area contributed by atoms with Crippen molar-refractivity contribution in [3.63, 3.8) is 0 Å². The molecule has 0 aromatic carbocycles. The summed E-state index contributed by atoms with van der Waals surface area (Å²) in [6.07, 6.45) is 0. The van der Waals surface area contributed by atoms with E-state index in [2.05, 4.69) is 43.0 Å². The predicted octanol–water partition coefficient (Wildman–Crippen LogP) is 5.56. The first kappa shape index (κ1) is 26.7. The average molecular weight is 444 g/mol. The van der Waals surface area contributed by atoms with E-state index in [1.165, 1.54) is 15.3 Å². The van der Waals surface area contributed by atoms with Gasteiger partial charge >= 0.3 is 0 Å². The van der Waals surface area contributed by atoms with Crippen LogP contribution < -0.4 is 0 Å². The van der Waals surface area contributed by atoms with Crippen LogP contribution >= 0.6 is 34.0 Å². The summed E-state index contributed by atoms with van der Waals surface area (Å²) in [6.45, 7) is 6.20. The molecule has 0 fully saturated rings. The van der Waals surface area contributed by atoms with Crippen LogP contribution in [0.2, 0.25) is 0 Å². The quantitative estimate of drug-likeness (QED) is 0.398. The van der Waals surface area contributed by atoms with Crippen molar-refractivity contribution < 1.29 is 55.7 Å². The van der Waals surface area contributed by atoms with Crippen molar-refractivity contribution in [2.75, 3.05) is 0 Å². The molecule has 3 heterocycles. The first-order chi connectivity index (χ1) is 8.68. The molecule has 0 saturated heterocycles. The molecule has 0 aliphatic carbocycles. The molecule has 0 saturated carbocycles. The van der Waals surface area contributed by atoms with E-state index in [4.69, 9.17) is 0 Å². The van der Waals surface area contributed by atoms with Gasteiger partial charge < -0.3 is 22.7 Å². The normalized spacial score (nSPS) is 7.57. The van der Waals surface area contributed by atoms with Gasteiger partial charge in [-0.15, -0.1) is 21.0 Å². The minimum atomic E-state index is 0. The summed E-state index contributed by atoms with van der Waals surface area (Å²) < 4.78 is 0. The van der Waals surface area contributed by atoms with E-state index in [9.17, 15) is 0 Å². The minimum Gasteiger partial charge on any atom is -0.304 e. The summed E-state index contributed by atoms with van der Waals surface area (Å²) >= 11 is 4.99. The molecule has 0 spiro atoms. The van der Waals surface area contributed by atoms with Gasteiger partial charge in [0.2, 0.25) is 0 Å². The Kier molecular flexibility index (Phi) is 21.9. The van der Waals surface area contributed by atoms with Gasteiger partial charge in [0.1, 0.15) is 0 Å². The van der Waals surface area contributed by atoms with Crippen LogP contribution in [0.1, 0.15) is 15.3 Å². The maximum absolute atomic E-state index is 2.97. The van der Waals surface area contributed by atoms with Crippen molar-refractivity contribution in [2.24, 2.45) is 0 Å². The smallest absolute Gasteiger partial charge is 0 e. The third kappa shape index (κ3) is 15.5. The molecule has 6 heteroatoms. The fourth-order valence-corrected chi connectivity index (χ4v) is 2.40. The molecule has 0 N–H and O–H groups in total. The second kappa shape index (κ2) is 17.2. The van der Waals surface area contributed by atoms with Gasteiger partial charge in [0.25, 0.3) is 0 Å². The monoisotopic (exact) mass is 444 g/mol. The maximum atomic E-state index is 2.97. The second-order valence-electron chi connectivity index (χ2n) is 3.56. The zero-order valence-corrected chi connectivity index (χ0v) is 18.7.